The lowest BCUT2D eigenvalue weighted by atomic mass is 9.96. The standard InChI is InChI=1S/C24H25NO4S/c1-14(2)19-11-18(16(4)10-21(19)29-5)12-22-23(27)25(24(28)30-22)13-20(26)17-8-6-15(3)7-9-17/h6-12,14H,13H2,1-5H3. The van der Waals surface area contributed by atoms with E-state index in [1.807, 2.05) is 38.1 Å². The molecule has 0 N–H and O–H groups in total. The minimum atomic E-state index is -0.438. The first-order chi connectivity index (χ1) is 14.2. The van der Waals surface area contributed by atoms with Crippen LogP contribution in [0.5, 0.6) is 5.75 Å². The van der Waals surface area contributed by atoms with Crippen LogP contribution in [0, 0.1) is 13.8 Å². The third-order valence-electron chi connectivity index (χ3n) is 5.08. The lowest BCUT2D eigenvalue weighted by Gasteiger charge is -2.15. The summed E-state index contributed by atoms with van der Waals surface area (Å²) < 4.78 is 5.47. The van der Waals surface area contributed by atoms with Gasteiger partial charge in [0.1, 0.15) is 5.75 Å². The van der Waals surface area contributed by atoms with E-state index in [1.165, 1.54) is 0 Å². The van der Waals surface area contributed by atoms with Crippen molar-refractivity contribution in [2.24, 2.45) is 0 Å². The second-order valence-electron chi connectivity index (χ2n) is 7.66. The van der Waals surface area contributed by atoms with Crippen LogP contribution in [0.25, 0.3) is 6.08 Å². The van der Waals surface area contributed by atoms with Crippen molar-refractivity contribution in [1.82, 2.24) is 4.90 Å². The summed E-state index contributed by atoms with van der Waals surface area (Å²) in [5, 5.41) is -0.429. The number of nitrogens with zero attached hydrogens (tertiary/aromatic N) is 1. The van der Waals surface area contributed by atoms with Gasteiger partial charge in [-0.1, -0.05) is 43.7 Å². The summed E-state index contributed by atoms with van der Waals surface area (Å²) in [4.78, 5) is 39.1. The zero-order chi connectivity index (χ0) is 22.0. The van der Waals surface area contributed by atoms with Crippen molar-refractivity contribution in [2.45, 2.75) is 33.6 Å². The molecular weight excluding hydrogens is 398 g/mol. The molecule has 156 valence electrons. The number of rotatable bonds is 6. The number of ketones is 1. The van der Waals surface area contributed by atoms with Gasteiger partial charge in [-0.3, -0.25) is 19.3 Å². The maximum atomic E-state index is 12.8. The van der Waals surface area contributed by atoms with Crippen LogP contribution >= 0.6 is 11.8 Å². The summed E-state index contributed by atoms with van der Waals surface area (Å²) in [6.45, 7) is 7.75. The summed E-state index contributed by atoms with van der Waals surface area (Å²) in [7, 11) is 1.64. The number of carbonyl (C=O) groups excluding carboxylic acids is 3. The Bertz CT molecular complexity index is 1040. The minimum absolute atomic E-state index is 0.245. The van der Waals surface area contributed by atoms with Crippen molar-refractivity contribution in [1.29, 1.82) is 0 Å². The Morgan fingerprint density at radius 2 is 1.80 bits per heavy atom. The largest absolute Gasteiger partial charge is 0.496 e. The highest BCUT2D eigenvalue weighted by Gasteiger charge is 2.36. The van der Waals surface area contributed by atoms with Crippen molar-refractivity contribution in [3.05, 3.63) is 69.1 Å². The predicted octanol–water partition coefficient (Wildman–Crippen LogP) is 5.35. The number of thioether (sulfide) groups is 1. The second-order valence-corrected chi connectivity index (χ2v) is 8.66. The third-order valence-corrected chi connectivity index (χ3v) is 5.98. The number of carbonyl (C=O) groups is 3. The third kappa shape index (κ3) is 4.49. The highest BCUT2D eigenvalue weighted by atomic mass is 32.2. The molecule has 30 heavy (non-hydrogen) atoms. The van der Waals surface area contributed by atoms with Crippen LogP contribution < -0.4 is 4.74 Å². The number of benzene rings is 2. The second kappa shape index (κ2) is 8.88. The van der Waals surface area contributed by atoms with Crippen molar-refractivity contribution in [3.8, 4) is 5.75 Å². The first-order valence-corrected chi connectivity index (χ1v) is 10.6. The molecule has 0 radical (unpaired) electrons. The number of imide groups is 1. The summed E-state index contributed by atoms with van der Waals surface area (Å²) in [5.41, 5.74) is 4.35. The Balaban J connectivity index is 1.85. The van der Waals surface area contributed by atoms with Crippen molar-refractivity contribution in [3.63, 3.8) is 0 Å². The molecule has 0 saturated carbocycles. The van der Waals surface area contributed by atoms with Crippen LogP contribution in [-0.4, -0.2) is 35.5 Å². The Kier molecular flexibility index (Phi) is 6.46. The number of ether oxygens (including phenoxy) is 1. The molecule has 0 bridgehead atoms. The first-order valence-electron chi connectivity index (χ1n) is 9.75. The van der Waals surface area contributed by atoms with Crippen molar-refractivity contribution < 1.29 is 19.1 Å². The van der Waals surface area contributed by atoms with Gasteiger partial charge in [-0.2, -0.15) is 0 Å². The van der Waals surface area contributed by atoms with Gasteiger partial charge in [0.15, 0.2) is 5.78 Å². The molecule has 1 fully saturated rings. The molecule has 1 aliphatic rings. The number of amides is 2. The fourth-order valence-electron chi connectivity index (χ4n) is 3.25. The molecule has 2 amide bonds. The van der Waals surface area contributed by atoms with Gasteiger partial charge in [-0.25, -0.2) is 0 Å². The van der Waals surface area contributed by atoms with Crippen molar-refractivity contribution in [2.75, 3.05) is 13.7 Å². The highest BCUT2D eigenvalue weighted by molar-refractivity contribution is 8.18. The van der Waals surface area contributed by atoms with Gasteiger partial charge in [0.05, 0.1) is 18.6 Å². The minimum Gasteiger partial charge on any atom is -0.496 e. The number of hydrogen-bond acceptors (Lipinski definition) is 5. The van der Waals surface area contributed by atoms with E-state index in [9.17, 15) is 14.4 Å². The number of Topliss-reactive ketones (excluding diaryl/α,β-unsaturated/α-hetero) is 1. The van der Waals surface area contributed by atoms with Gasteiger partial charge in [0, 0.05) is 5.56 Å². The zero-order valence-corrected chi connectivity index (χ0v) is 18.6. The van der Waals surface area contributed by atoms with E-state index in [2.05, 4.69) is 13.8 Å². The molecular formula is C24H25NO4S. The molecule has 0 unspecified atom stereocenters. The SMILES string of the molecule is COc1cc(C)c(C=C2SC(=O)N(CC(=O)c3ccc(C)cc3)C2=O)cc1C(C)C. The van der Waals surface area contributed by atoms with Crippen LogP contribution in [0.15, 0.2) is 41.3 Å². The maximum absolute atomic E-state index is 12.8. The Morgan fingerprint density at radius 1 is 1.13 bits per heavy atom. The van der Waals surface area contributed by atoms with Crippen LogP contribution in [0.2, 0.25) is 0 Å². The van der Waals surface area contributed by atoms with E-state index in [0.29, 0.717) is 10.5 Å². The normalized spacial score (nSPS) is 15.4. The molecule has 1 saturated heterocycles. The van der Waals surface area contributed by atoms with E-state index in [0.717, 1.165) is 44.7 Å². The average molecular weight is 424 g/mol. The van der Waals surface area contributed by atoms with E-state index >= 15 is 0 Å². The van der Waals surface area contributed by atoms with Crippen molar-refractivity contribution >= 4 is 34.8 Å². The molecule has 6 heteroatoms. The van der Waals surface area contributed by atoms with E-state index in [-0.39, 0.29) is 18.2 Å². The monoisotopic (exact) mass is 423 g/mol. The summed E-state index contributed by atoms with van der Waals surface area (Å²) in [6, 6.07) is 11.0. The highest BCUT2D eigenvalue weighted by Crippen LogP contribution is 2.35. The molecule has 2 aromatic carbocycles. The van der Waals surface area contributed by atoms with E-state index in [4.69, 9.17) is 4.74 Å². The van der Waals surface area contributed by atoms with Crippen LogP contribution in [0.4, 0.5) is 4.79 Å². The zero-order valence-electron chi connectivity index (χ0n) is 17.8. The van der Waals surface area contributed by atoms with Gasteiger partial charge in [-0.15, -0.1) is 0 Å². The van der Waals surface area contributed by atoms with Gasteiger partial charge in [0.25, 0.3) is 11.1 Å². The number of methoxy groups -OCH3 is 1. The smallest absolute Gasteiger partial charge is 0.293 e. The topological polar surface area (TPSA) is 63.7 Å². The van der Waals surface area contributed by atoms with Gasteiger partial charge < -0.3 is 4.74 Å². The predicted molar refractivity (Wildman–Crippen MR) is 120 cm³/mol. The lowest BCUT2D eigenvalue weighted by molar-refractivity contribution is -0.122. The fraction of sp³-hybridized carbons (Fsp3) is 0.292. The first kappa shape index (κ1) is 21.8. The van der Waals surface area contributed by atoms with E-state index in [1.54, 1.807) is 25.3 Å². The average Bonchev–Trinajstić information content (AvgIpc) is 2.96. The van der Waals surface area contributed by atoms with Crippen LogP contribution in [0.3, 0.4) is 0 Å². The molecule has 0 spiro atoms. The molecule has 0 aliphatic carbocycles. The van der Waals surface area contributed by atoms with Crippen LogP contribution in [-0.2, 0) is 4.79 Å². The lowest BCUT2D eigenvalue weighted by Crippen LogP contribution is -2.33. The van der Waals surface area contributed by atoms with Gasteiger partial charge in [-0.05, 0) is 66.4 Å². The summed E-state index contributed by atoms with van der Waals surface area (Å²) in [5.74, 6) is 0.347. The summed E-state index contributed by atoms with van der Waals surface area (Å²) >= 11 is 0.864. The molecule has 3 rings (SSSR count). The maximum Gasteiger partial charge on any atom is 0.293 e. The molecule has 0 aromatic heterocycles. The molecule has 1 aliphatic heterocycles. The molecule has 1 heterocycles. The van der Waals surface area contributed by atoms with Gasteiger partial charge >= 0.3 is 0 Å². The van der Waals surface area contributed by atoms with Gasteiger partial charge in [0.2, 0.25) is 0 Å². The molecule has 2 aromatic rings. The Labute approximate surface area is 181 Å². The fourth-order valence-corrected chi connectivity index (χ4v) is 4.08. The quantitative estimate of drug-likeness (QED) is 0.463. The molecule has 5 nitrogen and oxygen atoms in total. The number of aryl methyl sites for hydroxylation is 2. The molecule has 0 atom stereocenters. The summed E-state index contributed by atoms with van der Waals surface area (Å²) in [6.07, 6.45) is 1.72. The Hall–Kier alpha value is -2.86. The number of hydrogen-bond donors (Lipinski definition) is 0. The Morgan fingerprint density at radius 3 is 2.40 bits per heavy atom. The van der Waals surface area contributed by atoms with E-state index < -0.39 is 11.1 Å². The van der Waals surface area contributed by atoms with Crippen LogP contribution in [0.1, 0.15) is 52.4 Å².